The fourth-order valence-corrected chi connectivity index (χ4v) is 3.94. The summed E-state index contributed by atoms with van der Waals surface area (Å²) in [4.78, 5) is 14.7. The van der Waals surface area contributed by atoms with Crippen molar-refractivity contribution in [3.8, 4) is 0 Å². The highest BCUT2D eigenvalue weighted by Crippen LogP contribution is 2.39. The number of ether oxygens (including phenoxy) is 1. The van der Waals surface area contributed by atoms with Crippen molar-refractivity contribution in [2.45, 2.75) is 44.6 Å². The second-order valence-corrected chi connectivity index (χ2v) is 7.19. The Morgan fingerprint density at radius 2 is 1.96 bits per heavy atom. The summed E-state index contributed by atoms with van der Waals surface area (Å²) >= 11 is 0. The summed E-state index contributed by atoms with van der Waals surface area (Å²) in [5, 5.41) is 0. The minimum Gasteiger partial charge on any atom is -0.370 e. The molecule has 132 valence electrons. The highest BCUT2D eigenvalue weighted by atomic mass is 19.1. The van der Waals surface area contributed by atoms with E-state index in [1.165, 1.54) is 31.4 Å². The van der Waals surface area contributed by atoms with Gasteiger partial charge in [-0.15, -0.1) is 0 Å². The summed E-state index contributed by atoms with van der Waals surface area (Å²) in [7, 11) is 0. The van der Waals surface area contributed by atoms with E-state index in [-0.39, 0.29) is 23.2 Å². The van der Waals surface area contributed by atoms with Crippen molar-refractivity contribution in [3.63, 3.8) is 0 Å². The lowest BCUT2D eigenvalue weighted by Gasteiger charge is -2.39. The van der Waals surface area contributed by atoms with Gasteiger partial charge >= 0.3 is 0 Å². The monoisotopic (exact) mass is 334 g/mol. The number of hydrogen-bond acceptors (Lipinski definition) is 3. The maximum Gasteiger partial charge on any atom is 0.223 e. The number of halogens is 1. The van der Waals surface area contributed by atoms with Crippen LogP contribution in [-0.4, -0.2) is 37.0 Å². The van der Waals surface area contributed by atoms with Gasteiger partial charge in [0.2, 0.25) is 5.91 Å². The smallest absolute Gasteiger partial charge is 0.223 e. The first-order valence-electron chi connectivity index (χ1n) is 8.97. The van der Waals surface area contributed by atoms with E-state index < -0.39 is 0 Å². The van der Waals surface area contributed by atoms with Gasteiger partial charge in [0.05, 0.1) is 13.2 Å². The zero-order valence-electron chi connectivity index (χ0n) is 14.2. The highest BCUT2D eigenvalue weighted by molar-refractivity contribution is 5.77. The first kappa shape index (κ1) is 17.4. The minimum absolute atomic E-state index is 0.0149. The normalized spacial score (nSPS) is 23.9. The van der Waals surface area contributed by atoms with Crippen LogP contribution in [0.25, 0.3) is 0 Å². The molecule has 2 fully saturated rings. The van der Waals surface area contributed by atoms with Gasteiger partial charge in [0.25, 0.3) is 0 Å². The quantitative estimate of drug-likeness (QED) is 0.921. The molecule has 1 heterocycles. The Morgan fingerprint density at radius 3 is 2.62 bits per heavy atom. The fraction of sp³-hybridized carbons (Fsp3) is 0.632. The van der Waals surface area contributed by atoms with E-state index in [4.69, 9.17) is 10.5 Å². The molecule has 1 aromatic rings. The maximum atomic E-state index is 13.1. The molecule has 2 N–H and O–H groups in total. The van der Waals surface area contributed by atoms with Crippen LogP contribution >= 0.6 is 0 Å². The highest BCUT2D eigenvalue weighted by Gasteiger charge is 2.35. The molecule has 1 unspecified atom stereocenters. The molecule has 2 aliphatic rings. The Kier molecular flexibility index (Phi) is 5.51. The van der Waals surface area contributed by atoms with Crippen molar-refractivity contribution in [3.05, 3.63) is 35.6 Å². The van der Waals surface area contributed by atoms with Gasteiger partial charge in [-0.3, -0.25) is 4.79 Å². The third kappa shape index (κ3) is 3.95. The molecule has 1 saturated heterocycles. The second kappa shape index (κ2) is 7.62. The molecular weight excluding hydrogens is 307 g/mol. The van der Waals surface area contributed by atoms with Crippen LogP contribution in [0.3, 0.4) is 0 Å². The average molecular weight is 334 g/mol. The molecule has 0 spiro atoms. The molecule has 1 aliphatic carbocycles. The number of benzene rings is 1. The fourth-order valence-electron chi connectivity index (χ4n) is 3.94. The van der Waals surface area contributed by atoms with Gasteiger partial charge < -0.3 is 15.4 Å². The molecule has 24 heavy (non-hydrogen) atoms. The van der Waals surface area contributed by atoms with Gasteiger partial charge in [0.15, 0.2) is 0 Å². The zero-order valence-corrected chi connectivity index (χ0v) is 14.2. The van der Waals surface area contributed by atoms with E-state index in [9.17, 15) is 9.18 Å². The summed E-state index contributed by atoms with van der Waals surface area (Å²) in [6.45, 7) is 2.26. The summed E-state index contributed by atoms with van der Waals surface area (Å²) in [5.74, 6) is -0.0811. The molecule has 5 heteroatoms. The Bertz CT molecular complexity index is 555. The third-order valence-electron chi connectivity index (χ3n) is 5.53. The van der Waals surface area contributed by atoms with Crippen molar-refractivity contribution in [1.82, 2.24) is 4.90 Å². The molecule has 1 aliphatic heterocycles. The van der Waals surface area contributed by atoms with Crippen molar-refractivity contribution < 1.29 is 13.9 Å². The molecule has 3 rings (SSSR count). The molecule has 0 aromatic heterocycles. The minimum atomic E-state index is -0.260. The van der Waals surface area contributed by atoms with Crippen LogP contribution in [-0.2, 0) is 9.53 Å². The number of hydrogen-bond donors (Lipinski definition) is 1. The number of carbonyl (C=O) groups is 1. The Labute approximate surface area is 143 Å². The Hall–Kier alpha value is -1.46. The predicted octanol–water partition coefficient (Wildman–Crippen LogP) is 3.02. The van der Waals surface area contributed by atoms with Gasteiger partial charge in [-0.2, -0.15) is 0 Å². The molecule has 1 saturated carbocycles. The molecule has 1 atom stereocenters. The predicted molar refractivity (Wildman–Crippen MR) is 90.9 cm³/mol. The summed E-state index contributed by atoms with van der Waals surface area (Å²) in [5.41, 5.74) is 6.92. The van der Waals surface area contributed by atoms with Crippen molar-refractivity contribution in [2.24, 2.45) is 11.1 Å². The van der Waals surface area contributed by atoms with E-state index in [0.717, 1.165) is 18.4 Å². The van der Waals surface area contributed by atoms with E-state index in [0.29, 0.717) is 32.7 Å². The van der Waals surface area contributed by atoms with Crippen molar-refractivity contribution in [1.29, 1.82) is 0 Å². The van der Waals surface area contributed by atoms with Crippen molar-refractivity contribution in [2.75, 3.05) is 26.2 Å². The second-order valence-electron chi connectivity index (χ2n) is 7.19. The molecule has 1 aromatic carbocycles. The largest absolute Gasteiger partial charge is 0.370 e. The zero-order chi connectivity index (χ0) is 17.0. The standard InChI is InChI=1S/C19H27FN2O2/c20-16-6-4-15(5-7-16)17-13-22(10-11-24-17)18(23)12-19(14-21)8-2-1-3-9-19/h4-7,17H,1-3,8-14,21H2. The lowest BCUT2D eigenvalue weighted by atomic mass is 9.71. The number of nitrogens with zero attached hydrogens (tertiary/aromatic N) is 1. The van der Waals surface area contributed by atoms with Gasteiger partial charge in [0.1, 0.15) is 11.9 Å². The average Bonchev–Trinajstić information content (AvgIpc) is 2.63. The number of nitrogens with two attached hydrogens (primary N) is 1. The first-order valence-corrected chi connectivity index (χ1v) is 8.97. The van der Waals surface area contributed by atoms with E-state index in [2.05, 4.69) is 0 Å². The van der Waals surface area contributed by atoms with Crippen LogP contribution in [0.4, 0.5) is 4.39 Å². The van der Waals surface area contributed by atoms with Crippen LogP contribution in [0.5, 0.6) is 0 Å². The van der Waals surface area contributed by atoms with Crippen LogP contribution in [0.2, 0.25) is 0 Å². The summed E-state index contributed by atoms with van der Waals surface area (Å²) < 4.78 is 18.9. The van der Waals surface area contributed by atoms with E-state index in [1.54, 1.807) is 12.1 Å². The van der Waals surface area contributed by atoms with Gasteiger partial charge in [-0.25, -0.2) is 4.39 Å². The molecule has 1 amide bonds. The Morgan fingerprint density at radius 1 is 1.25 bits per heavy atom. The maximum absolute atomic E-state index is 13.1. The first-order chi connectivity index (χ1) is 11.6. The van der Waals surface area contributed by atoms with Gasteiger partial charge in [-0.1, -0.05) is 31.4 Å². The van der Waals surface area contributed by atoms with E-state index in [1.807, 2.05) is 4.90 Å². The molecular formula is C19H27FN2O2. The third-order valence-corrected chi connectivity index (χ3v) is 5.53. The van der Waals surface area contributed by atoms with E-state index >= 15 is 0 Å². The van der Waals surface area contributed by atoms with Gasteiger partial charge in [0, 0.05) is 13.0 Å². The number of morpholine rings is 1. The summed E-state index contributed by atoms with van der Waals surface area (Å²) in [6, 6.07) is 6.34. The topological polar surface area (TPSA) is 55.6 Å². The van der Waals surface area contributed by atoms with Crippen LogP contribution in [0.1, 0.15) is 50.2 Å². The number of rotatable bonds is 4. The molecule has 0 radical (unpaired) electrons. The van der Waals surface area contributed by atoms with Gasteiger partial charge in [-0.05, 0) is 42.5 Å². The van der Waals surface area contributed by atoms with Crippen molar-refractivity contribution >= 4 is 5.91 Å². The molecule has 4 nitrogen and oxygen atoms in total. The lowest BCUT2D eigenvalue weighted by Crippen LogP contribution is -2.45. The van der Waals surface area contributed by atoms with Crippen LogP contribution in [0.15, 0.2) is 24.3 Å². The summed E-state index contributed by atoms with van der Waals surface area (Å²) in [6.07, 6.45) is 6.07. The molecule has 0 bridgehead atoms. The number of carbonyl (C=O) groups excluding carboxylic acids is 1. The van der Waals surface area contributed by atoms with Crippen LogP contribution in [0, 0.1) is 11.2 Å². The van der Waals surface area contributed by atoms with Crippen LogP contribution < -0.4 is 5.73 Å². The Balaban J connectivity index is 1.63. The lowest BCUT2D eigenvalue weighted by molar-refractivity contribution is -0.142. The SMILES string of the molecule is NCC1(CC(=O)N2CCOC(c3ccc(F)cc3)C2)CCCCC1. The number of amides is 1.